The number of alkyl halides is 3. The fourth-order valence-electron chi connectivity index (χ4n) is 4.62. The van der Waals surface area contributed by atoms with Crippen molar-refractivity contribution < 1.29 is 18.0 Å². The van der Waals surface area contributed by atoms with Crippen LogP contribution in [-0.4, -0.2) is 67.7 Å². The first-order valence-corrected chi connectivity index (χ1v) is 13.0. The zero-order chi connectivity index (χ0) is 27.3. The van der Waals surface area contributed by atoms with E-state index in [2.05, 4.69) is 44.4 Å². The van der Waals surface area contributed by atoms with E-state index in [0.717, 1.165) is 37.8 Å². The summed E-state index contributed by atoms with van der Waals surface area (Å²) in [6.45, 7) is 8.82. The van der Waals surface area contributed by atoms with Crippen LogP contribution in [0, 0.1) is 6.92 Å². The number of piperidine rings is 1. The van der Waals surface area contributed by atoms with Crippen LogP contribution in [0.1, 0.15) is 56.8 Å². The summed E-state index contributed by atoms with van der Waals surface area (Å²) in [6, 6.07) is 0.782. The van der Waals surface area contributed by atoms with E-state index in [1.165, 1.54) is 0 Å². The molecule has 0 bridgehead atoms. The third kappa shape index (κ3) is 6.91. The van der Waals surface area contributed by atoms with Gasteiger partial charge in [-0.3, -0.25) is 9.48 Å². The van der Waals surface area contributed by atoms with Crippen molar-refractivity contribution in [2.24, 2.45) is 0 Å². The SMILES string of the molecule is Cc1nn(C2CCN(C(C)C)CC2)cc1Nc1ncc(C(F)(F)F)c(NCCCN2C=CC=CCC2=O)n1. The molecule has 1 fully saturated rings. The highest BCUT2D eigenvalue weighted by atomic mass is 19.4. The number of hydrogen-bond donors (Lipinski definition) is 2. The predicted molar refractivity (Wildman–Crippen MR) is 140 cm³/mol. The minimum atomic E-state index is -4.61. The van der Waals surface area contributed by atoms with E-state index in [1.54, 1.807) is 29.3 Å². The molecule has 1 amide bonds. The lowest BCUT2D eigenvalue weighted by Crippen LogP contribution is -2.39. The Morgan fingerprint density at radius 3 is 2.66 bits per heavy atom. The summed E-state index contributed by atoms with van der Waals surface area (Å²) < 4.78 is 42.8. The highest BCUT2D eigenvalue weighted by molar-refractivity contribution is 5.79. The molecule has 4 rings (SSSR count). The summed E-state index contributed by atoms with van der Waals surface area (Å²) in [5.41, 5.74) is 0.434. The van der Waals surface area contributed by atoms with Gasteiger partial charge in [-0.05, 0) is 46.1 Å². The first-order valence-electron chi connectivity index (χ1n) is 13.0. The maximum absolute atomic E-state index is 13.6. The summed E-state index contributed by atoms with van der Waals surface area (Å²) in [5.74, 6) is -0.309. The van der Waals surface area contributed by atoms with Crippen molar-refractivity contribution in [1.29, 1.82) is 0 Å². The van der Waals surface area contributed by atoms with Gasteiger partial charge in [0.25, 0.3) is 0 Å². The van der Waals surface area contributed by atoms with Gasteiger partial charge in [0.15, 0.2) is 0 Å². The average molecular weight is 533 g/mol. The minimum absolute atomic E-state index is 0.0504. The molecule has 0 aromatic carbocycles. The van der Waals surface area contributed by atoms with E-state index in [-0.39, 0.29) is 30.3 Å². The van der Waals surface area contributed by atoms with Crippen LogP contribution in [0.25, 0.3) is 0 Å². The number of anilines is 3. The van der Waals surface area contributed by atoms with Crippen LogP contribution in [0.2, 0.25) is 0 Å². The Balaban J connectivity index is 1.41. The van der Waals surface area contributed by atoms with Gasteiger partial charge in [-0.25, -0.2) is 4.98 Å². The maximum atomic E-state index is 13.6. The highest BCUT2D eigenvalue weighted by Gasteiger charge is 2.35. The molecule has 38 heavy (non-hydrogen) atoms. The Hall–Kier alpha value is -3.41. The highest BCUT2D eigenvalue weighted by Crippen LogP contribution is 2.34. The van der Waals surface area contributed by atoms with Crippen molar-refractivity contribution >= 4 is 23.4 Å². The molecule has 9 nitrogen and oxygen atoms in total. The van der Waals surface area contributed by atoms with Gasteiger partial charge in [0.2, 0.25) is 11.9 Å². The molecule has 0 aliphatic carbocycles. The van der Waals surface area contributed by atoms with Crippen LogP contribution in [0.4, 0.5) is 30.6 Å². The lowest BCUT2D eigenvalue weighted by atomic mass is 10.0. The third-order valence-electron chi connectivity index (χ3n) is 6.86. The van der Waals surface area contributed by atoms with Gasteiger partial charge in [0.05, 0.1) is 17.4 Å². The number of nitrogens with one attached hydrogen (secondary N) is 2. The van der Waals surface area contributed by atoms with Crippen LogP contribution >= 0.6 is 0 Å². The number of nitrogens with zero attached hydrogens (tertiary/aromatic N) is 6. The first kappa shape index (κ1) is 27.6. The van der Waals surface area contributed by atoms with Crippen molar-refractivity contribution in [3.8, 4) is 0 Å². The largest absolute Gasteiger partial charge is 0.421 e. The number of halogens is 3. The number of likely N-dealkylation sites (tertiary alicyclic amines) is 1. The molecule has 4 heterocycles. The Kier molecular flexibility index (Phi) is 8.70. The number of aryl methyl sites for hydroxylation is 1. The number of hydrogen-bond acceptors (Lipinski definition) is 7. The van der Waals surface area contributed by atoms with Gasteiger partial charge in [0.1, 0.15) is 11.4 Å². The summed E-state index contributed by atoms with van der Waals surface area (Å²) in [7, 11) is 0. The summed E-state index contributed by atoms with van der Waals surface area (Å²) in [5, 5.41) is 10.5. The van der Waals surface area contributed by atoms with Crippen molar-refractivity contribution in [3.63, 3.8) is 0 Å². The van der Waals surface area contributed by atoms with E-state index in [9.17, 15) is 18.0 Å². The number of rotatable bonds is 9. The van der Waals surface area contributed by atoms with Crippen molar-refractivity contribution in [2.75, 3.05) is 36.8 Å². The number of amides is 1. The van der Waals surface area contributed by atoms with Crippen LogP contribution in [0.15, 0.2) is 36.8 Å². The van der Waals surface area contributed by atoms with Crippen LogP contribution in [0.3, 0.4) is 0 Å². The van der Waals surface area contributed by atoms with Crippen molar-refractivity contribution in [3.05, 3.63) is 48.1 Å². The molecule has 2 aromatic rings. The van der Waals surface area contributed by atoms with Crippen molar-refractivity contribution in [2.45, 2.75) is 64.7 Å². The molecule has 0 atom stereocenters. The number of carbonyl (C=O) groups is 1. The van der Waals surface area contributed by atoms with Gasteiger partial charge in [-0.1, -0.05) is 12.2 Å². The van der Waals surface area contributed by atoms with Crippen molar-refractivity contribution in [1.82, 2.24) is 29.5 Å². The summed E-state index contributed by atoms with van der Waals surface area (Å²) >= 11 is 0. The lowest BCUT2D eigenvalue weighted by Gasteiger charge is -2.34. The molecule has 2 aliphatic heterocycles. The zero-order valence-electron chi connectivity index (χ0n) is 22.0. The molecule has 2 aromatic heterocycles. The van der Waals surface area contributed by atoms with Crippen LogP contribution in [0.5, 0.6) is 0 Å². The second-order valence-corrected chi connectivity index (χ2v) is 9.89. The quantitative estimate of drug-likeness (QED) is 0.444. The van der Waals surface area contributed by atoms with E-state index in [0.29, 0.717) is 31.1 Å². The molecule has 0 spiro atoms. The number of aromatic nitrogens is 4. The van der Waals surface area contributed by atoms with Gasteiger partial charge < -0.3 is 20.4 Å². The third-order valence-corrected chi connectivity index (χ3v) is 6.86. The van der Waals surface area contributed by atoms with Gasteiger partial charge >= 0.3 is 6.18 Å². The molecule has 1 saturated heterocycles. The fourth-order valence-corrected chi connectivity index (χ4v) is 4.62. The molecular formula is C26H35F3N8O. The van der Waals surface area contributed by atoms with Crippen LogP contribution < -0.4 is 10.6 Å². The molecule has 0 radical (unpaired) electrons. The molecule has 12 heteroatoms. The molecule has 2 aliphatic rings. The molecular weight excluding hydrogens is 497 g/mol. The molecule has 2 N–H and O–H groups in total. The smallest absolute Gasteiger partial charge is 0.369 e. The summed E-state index contributed by atoms with van der Waals surface area (Å²) in [6.07, 6.45) is 7.77. The predicted octanol–water partition coefficient (Wildman–Crippen LogP) is 4.89. The fraction of sp³-hybridized carbons (Fsp3) is 0.538. The summed E-state index contributed by atoms with van der Waals surface area (Å²) in [4.78, 5) is 24.1. The van der Waals surface area contributed by atoms with Crippen LogP contribution in [-0.2, 0) is 11.0 Å². The number of allylic oxidation sites excluding steroid dienone is 2. The number of carbonyl (C=O) groups excluding carboxylic acids is 1. The lowest BCUT2D eigenvalue weighted by molar-refractivity contribution is -0.137. The second kappa shape index (κ2) is 12.0. The Morgan fingerprint density at radius 1 is 1.18 bits per heavy atom. The normalized spacial score (nSPS) is 17.3. The van der Waals surface area contributed by atoms with E-state index < -0.39 is 11.7 Å². The maximum Gasteiger partial charge on any atom is 0.421 e. The molecule has 0 unspecified atom stereocenters. The Morgan fingerprint density at radius 2 is 1.95 bits per heavy atom. The molecule has 206 valence electrons. The van der Waals surface area contributed by atoms with Gasteiger partial charge in [-0.2, -0.15) is 23.3 Å². The topological polar surface area (TPSA) is 91.2 Å². The standard InChI is InChI=1S/C26H35F3N8O/c1-18(2)35-14-9-20(10-15-35)37-17-22(19(3)34-37)32-25-31-16-21(26(27,28)29)24(33-25)30-11-7-13-36-12-6-4-5-8-23(36)38/h4-6,12,16-18,20H,7-11,13-15H2,1-3H3,(H2,30,31,32,33). The van der Waals surface area contributed by atoms with E-state index in [1.807, 2.05) is 17.8 Å². The molecule has 0 saturated carbocycles. The first-order chi connectivity index (χ1) is 18.1. The Bertz CT molecular complexity index is 1170. The van der Waals surface area contributed by atoms with Gasteiger partial charge in [-0.15, -0.1) is 0 Å². The zero-order valence-corrected chi connectivity index (χ0v) is 22.0. The minimum Gasteiger partial charge on any atom is -0.369 e. The second-order valence-electron chi connectivity index (χ2n) is 9.89. The van der Waals surface area contributed by atoms with E-state index >= 15 is 0 Å². The monoisotopic (exact) mass is 532 g/mol. The van der Waals surface area contributed by atoms with Gasteiger partial charge in [0, 0.05) is 57.2 Å². The average Bonchev–Trinajstić information content (AvgIpc) is 3.10. The Labute approximate surface area is 220 Å². The van der Waals surface area contributed by atoms with E-state index in [4.69, 9.17) is 0 Å².